The highest BCUT2D eigenvalue weighted by Gasteiger charge is 2.23. The summed E-state index contributed by atoms with van der Waals surface area (Å²) < 4.78 is 0. The molecule has 4 heteroatoms. The number of rotatable bonds is 5. The third-order valence-corrected chi connectivity index (χ3v) is 6.71. The van der Waals surface area contributed by atoms with E-state index >= 15 is 0 Å². The third kappa shape index (κ3) is 3.96. The fourth-order valence-electron chi connectivity index (χ4n) is 4.05. The fourth-order valence-corrected chi connectivity index (χ4v) is 5.22. The Balaban J connectivity index is 1.24. The number of aryl methyl sites for hydroxylation is 2. The number of hydrogen-bond acceptors (Lipinski definition) is 3. The molecule has 1 atom stereocenters. The van der Waals surface area contributed by atoms with Gasteiger partial charge in [0.15, 0.2) is 0 Å². The minimum absolute atomic E-state index is 0.109. The van der Waals surface area contributed by atoms with Gasteiger partial charge in [0.1, 0.15) is 0 Å². The van der Waals surface area contributed by atoms with Gasteiger partial charge >= 0.3 is 0 Å². The summed E-state index contributed by atoms with van der Waals surface area (Å²) in [4.78, 5) is 17.2. The molecule has 0 radical (unpaired) electrons. The Morgan fingerprint density at radius 3 is 2.88 bits per heavy atom. The Morgan fingerprint density at radius 1 is 1.20 bits per heavy atom. The molecule has 0 bridgehead atoms. The van der Waals surface area contributed by atoms with E-state index in [2.05, 4.69) is 46.6 Å². The standard InChI is InChI=1S/C21H26N2OS/c24-21(20-14-17-8-4-5-9-19(17)25-20)22-11-13-23-12-10-18(15-23)16-6-2-1-3-7-16/h1-3,6-7,14,18H,4-5,8-13,15H2,(H,22,24)/t18-/m0/s1. The first-order valence-electron chi connectivity index (χ1n) is 9.46. The van der Waals surface area contributed by atoms with Gasteiger partial charge in [0.2, 0.25) is 0 Å². The Labute approximate surface area is 154 Å². The molecule has 0 spiro atoms. The van der Waals surface area contributed by atoms with Crippen LogP contribution in [-0.2, 0) is 12.8 Å². The highest BCUT2D eigenvalue weighted by molar-refractivity contribution is 7.14. The highest BCUT2D eigenvalue weighted by Crippen LogP contribution is 2.29. The Hall–Kier alpha value is -1.65. The van der Waals surface area contributed by atoms with Crippen molar-refractivity contribution < 1.29 is 4.79 Å². The maximum atomic E-state index is 12.4. The van der Waals surface area contributed by atoms with Crippen LogP contribution in [0.1, 0.15) is 50.9 Å². The van der Waals surface area contributed by atoms with Gasteiger partial charge in [-0.25, -0.2) is 0 Å². The van der Waals surface area contributed by atoms with Gasteiger partial charge in [-0.3, -0.25) is 4.79 Å². The summed E-state index contributed by atoms with van der Waals surface area (Å²) in [5.41, 5.74) is 2.85. The molecule has 0 unspecified atom stereocenters. The maximum absolute atomic E-state index is 12.4. The number of amides is 1. The summed E-state index contributed by atoms with van der Waals surface area (Å²) in [6.07, 6.45) is 6.06. The van der Waals surface area contributed by atoms with Crippen molar-refractivity contribution in [3.63, 3.8) is 0 Å². The van der Waals surface area contributed by atoms with Crippen LogP contribution in [0, 0.1) is 0 Å². The lowest BCUT2D eigenvalue weighted by molar-refractivity contribution is 0.0953. The maximum Gasteiger partial charge on any atom is 0.261 e. The summed E-state index contributed by atoms with van der Waals surface area (Å²) >= 11 is 1.70. The van der Waals surface area contributed by atoms with E-state index in [4.69, 9.17) is 0 Å². The summed E-state index contributed by atoms with van der Waals surface area (Å²) in [6, 6.07) is 12.9. The topological polar surface area (TPSA) is 32.3 Å². The van der Waals surface area contributed by atoms with E-state index in [9.17, 15) is 4.79 Å². The molecular weight excluding hydrogens is 328 g/mol. The number of nitrogens with zero attached hydrogens (tertiary/aromatic N) is 1. The molecule has 1 aromatic heterocycles. The number of benzene rings is 1. The number of carbonyl (C=O) groups excluding carboxylic acids is 1. The molecule has 25 heavy (non-hydrogen) atoms. The minimum Gasteiger partial charge on any atom is -0.350 e. The number of carbonyl (C=O) groups is 1. The van der Waals surface area contributed by atoms with Crippen LogP contribution >= 0.6 is 11.3 Å². The second kappa shape index (κ2) is 7.71. The minimum atomic E-state index is 0.109. The molecule has 1 amide bonds. The van der Waals surface area contributed by atoms with Gasteiger partial charge in [0.05, 0.1) is 4.88 Å². The van der Waals surface area contributed by atoms with Crippen molar-refractivity contribution in [2.45, 2.75) is 38.0 Å². The Morgan fingerprint density at radius 2 is 2.04 bits per heavy atom. The van der Waals surface area contributed by atoms with Crippen LogP contribution in [0.25, 0.3) is 0 Å². The molecule has 132 valence electrons. The van der Waals surface area contributed by atoms with Crippen LogP contribution in [0.2, 0.25) is 0 Å². The van der Waals surface area contributed by atoms with E-state index in [1.807, 2.05) is 0 Å². The first-order chi connectivity index (χ1) is 12.3. The molecule has 3 nitrogen and oxygen atoms in total. The number of thiophene rings is 1. The lowest BCUT2D eigenvalue weighted by Gasteiger charge is -2.16. The van der Waals surface area contributed by atoms with Crippen molar-refractivity contribution in [1.82, 2.24) is 10.2 Å². The van der Waals surface area contributed by atoms with Gasteiger partial charge in [-0.05, 0) is 61.8 Å². The predicted octanol–water partition coefficient (Wildman–Crippen LogP) is 3.85. The van der Waals surface area contributed by atoms with E-state index in [1.165, 1.54) is 35.3 Å². The van der Waals surface area contributed by atoms with Gasteiger partial charge in [0, 0.05) is 24.5 Å². The average Bonchev–Trinajstić information content (AvgIpc) is 3.29. The van der Waals surface area contributed by atoms with Gasteiger partial charge in [0.25, 0.3) is 5.91 Å². The third-order valence-electron chi connectivity index (χ3n) is 5.48. The lowest BCUT2D eigenvalue weighted by atomic mass is 9.99. The summed E-state index contributed by atoms with van der Waals surface area (Å²) in [7, 11) is 0. The summed E-state index contributed by atoms with van der Waals surface area (Å²) in [5.74, 6) is 0.749. The van der Waals surface area contributed by atoms with E-state index in [1.54, 1.807) is 11.3 Å². The quantitative estimate of drug-likeness (QED) is 0.885. The highest BCUT2D eigenvalue weighted by atomic mass is 32.1. The van der Waals surface area contributed by atoms with Crippen molar-refractivity contribution in [3.8, 4) is 0 Å². The zero-order valence-electron chi connectivity index (χ0n) is 14.7. The molecule has 1 aliphatic heterocycles. The lowest BCUT2D eigenvalue weighted by Crippen LogP contribution is -2.33. The molecule has 2 heterocycles. The molecule has 1 aromatic carbocycles. The smallest absolute Gasteiger partial charge is 0.261 e. The van der Waals surface area contributed by atoms with Crippen molar-refractivity contribution in [3.05, 3.63) is 57.3 Å². The molecular formula is C21H26N2OS. The summed E-state index contributed by atoms with van der Waals surface area (Å²) in [6.45, 7) is 3.92. The van der Waals surface area contributed by atoms with Gasteiger partial charge in [-0.1, -0.05) is 30.3 Å². The van der Waals surface area contributed by atoms with Crippen LogP contribution < -0.4 is 5.32 Å². The molecule has 2 aliphatic rings. The van der Waals surface area contributed by atoms with Crippen molar-refractivity contribution in [2.75, 3.05) is 26.2 Å². The van der Waals surface area contributed by atoms with Crippen LogP contribution in [0.5, 0.6) is 0 Å². The van der Waals surface area contributed by atoms with Crippen molar-refractivity contribution in [1.29, 1.82) is 0 Å². The van der Waals surface area contributed by atoms with Crippen LogP contribution in [0.4, 0.5) is 0 Å². The van der Waals surface area contributed by atoms with Crippen LogP contribution in [0.15, 0.2) is 36.4 Å². The molecule has 0 saturated carbocycles. The number of hydrogen-bond donors (Lipinski definition) is 1. The van der Waals surface area contributed by atoms with Crippen molar-refractivity contribution in [2.24, 2.45) is 0 Å². The predicted molar refractivity (Wildman–Crippen MR) is 104 cm³/mol. The van der Waals surface area contributed by atoms with Gasteiger partial charge in [-0.15, -0.1) is 11.3 Å². The van der Waals surface area contributed by atoms with E-state index in [0.717, 1.165) is 43.9 Å². The van der Waals surface area contributed by atoms with Crippen LogP contribution in [-0.4, -0.2) is 37.0 Å². The molecule has 1 fully saturated rings. The molecule has 1 saturated heterocycles. The number of nitrogens with one attached hydrogen (secondary N) is 1. The fraction of sp³-hybridized carbons (Fsp3) is 0.476. The van der Waals surface area contributed by atoms with Gasteiger partial charge in [-0.2, -0.15) is 0 Å². The van der Waals surface area contributed by atoms with E-state index in [-0.39, 0.29) is 5.91 Å². The largest absolute Gasteiger partial charge is 0.350 e. The molecule has 1 N–H and O–H groups in total. The monoisotopic (exact) mass is 354 g/mol. The first kappa shape index (κ1) is 16.8. The second-order valence-corrected chi connectivity index (χ2v) is 8.36. The van der Waals surface area contributed by atoms with Crippen LogP contribution in [0.3, 0.4) is 0 Å². The second-order valence-electron chi connectivity index (χ2n) is 7.22. The Bertz CT molecular complexity index is 701. The molecule has 4 rings (SSSR count). The van der Waals surface area contributed by atoms with Crippen molar-refractivity contribution >= 4 is 17.2 Å². The molecule has 2 aromatic rings. The van der Waals surface area contributed by atoms with Gasteiger partial charge < -0.3 is 10.2 Å². The SMILES string of the molecule is O=C(NCCN1CC[C@H](c2ccccc2)C1)c1cc2c(s1)CCCC2. The average molecular weight is 355 g/mol. The zero-order valence-corrected chi connectivity index (χ0v) is 15.5. The molecule has 1 aliphatic carbocycles. The normalized spacial score (nSPS) is 20.4. The first-order valence-corrected chi connectivity index (χ1v) is 10.3. The summed E-state index contributed by atoms with van der Waals surface area (Å²) in [5, 5.41) is 3.12. The van der Waals surface area contributed by atoms with E-state index in [0.29, 0.717) is 5.92 Å². The number of fused-ring (bicyclic) bond motifs is 1. The zero-order chi connectivity index (χ0) is 17.1. The van der Waals surface area contributed by atoms with E-state index < -0.39 is 0 Å². The number of likely N-dealkylation sites (tertiary alicyclic amines) is 1. The Kier molecular flexibility index (Phi) is 5.18.